The first kappa shape index (κ1) is 22.6. The average molecular weight is 402 g/mol. The zero-order valence-corrected chi connectivity index (χ0v) is 17.5. The van der Waals surface area contributed by atoms with E-state index >= 15 is 0 Å². The number of hydrogen-bond donors (Lipinski definition) is 2. The first-order valence-corrected chi connectivity index (χ1v) is 10.4. The lowest BCUT2D eigenvalue weighted by molar-refractivity contribution is -0.145. The maximum atomic E-state index is 12.3. The van der Waals surface area contributed by atoms with Crippen LogP contribution in [0.15, 0.2) is 29.4 Å². The molecule has 1 aliphatic carbocycles. The third-order valence-corrected chi connectivity index (χ3v) is 5.21. The SMILES string of the molecule is CCOC(=O)C(CC)/C(C)=N\NC(=O)c1ccc(NC(=O)C2CCCCC2)cc1. The summed E-state index contributed by atoms with van der Waals surface area (Å²) < 4.78 is 5.03. The molecule has 0 aromatic heterocycles. The highest BCUT2D eigenvalue weighted by Crippen LogP contribution is 2.25. The van der Waals surface area contributed by atoms with Gasteiger partial charge in [0.1, 0.15) is 0 Å². The summed E-state index contributed by atoms with van der Waals surface area (Å²) in [6.07, 6.45) is 5.83. The van der Waals surface area contributed by atoms with Gasteiger partial charge in [-0.2, -0.15) is 5.10 Å². The minimum Gasteiger partial charge on any atom is -0.465 e. The van der Waals surface area contributed by atoms with Gasteiger partial charge in [-0.25, -0.2) is 5.43 Å². The molecule has 0 aliphatic heterocycles. The minimum absolute atomic E-state index is 0.0479. The lowest BCUT2D eigenvalue weighted by atomic mass is 9.88. The van der Waals surface area contributed by atoms with Crippen LogP contribution in [0.1, 0.15) is 69.7 Å². The lowest BCUT2D eigenvalue weighted by Gasteiger charge is -2.20. The van der Waals surface area contributed by atoms with Crippen LogP contribution in [0, 0.1) is 11.8 Å². The minimum atomic E-state index is -0.479. The van der Waals surface area contributed by atoms with Gasteiger partial charge < -0.3 is 10.1 Å². The van der Waals surface area contributed by atoms with Gasteiger partial charge in [0.25, 0.3) is 5.91 Å². The number of esters is 1. The van der Waals surface area contributed by atoms with Gasteiger partial charge in [0, 0.05) is 22.9 Å². The Bertz CT molecular complexity index is 737. The molecule has 0 spiro atoms. The fourth-order valence-electron chi connectivity index (χ4n) is 3.47. The van der Waals surface area contributed by atoms with Crippen LogP contribution >= 0.6 is 0 Å². The number of carbonyl (C=O) groups is 3. The molecule has 29 heavy (non-hydrogen) atoms. The van der Waals surface area contributed by atoms with Crippen molar-refractivity contribution in [3.8, 4) is 0 Å². The van der Waals surface area contributed by atoms with E-state index in [0.29, 0.717) is 30.0 Å². The van der Waals surface area contributed by atoms with Crippen molar-refractivity contribution in [2.45, 2.75) is 59.3 Å². The smallest absolute Gasteiger partial charge is 0.314 e. The van der Waals surface area contributed by atoms with Crippen molar-refractivity contribution in [3.05, 3.63) is 29.8 Å². The van der Waals surface area contributed by atoms with Crippen LogP contribution in [0.5, 0.6) is 0 Å². The van der Waals surface area contributed by atoms with Gasteiger partial charge in [0.15, 0.2) is 0 Å². The third-order valence-electron chi connectivity index (χ3n) is 5.21. The van der Waals surface area contributed by atoms with E-state index in [0.717, 1.165) is 25.7 Å². The molecular weight excluding hydrogens is 370 g/mol. The Morgan fingerprint density at radius 3 is 2.34 bits per heavy atom. The van der Waals surface area contributed by atoms with E-state index < -0.39 is 5.92 Å². The Morgan fingerprint density at radius 1 is 1.10 bits per heavy atom. The Hall–Kier alpha value is -2.70. The summed E-state index contributed by atoms with van der Waals surface area (Å²) in [5.74, 6) is -1.08. The van der Waals surface area contributed by atoms with Crippen LogP contribution in [0.3, 0.4) is 0 Å². The van der Waals surface area contributed by atoms with Crippen molar-refractivity contribution in [1.82, 2.24) is 5.43 Å². The van der Waals surface area contributed by atoms with E-state index in [1.807, 2.05) is 6.92 Å². The number of hydrogen-bond acceptors (Lipinski definition) is 5. The summed E-state index contributed by atoms with van der Waals surface area (Å²) in [4.78, 5) is 36.5. The van der Waals surface area contributed by atoms with Crippen molar-refractivity contribution < 1.29 is 19.1 Å². The second-order valence-electron chi connectivity index (χ2n) is 7.31. The Balaban J connectivity index is 1.92. The van der Waals surface area contributed by atoms with Crippen LogP contribution in [0.4, 0.5) is 5.69 Å². The van der Waals surface area contributed by atoms with E-state index in [9.17, 15) is 14.4 Å². The standard InChI is InChI=1S/C22H31N3O4/c1-4-19(22(28)29-5-2)15(3)24-25-21(27)17-11-13-18(14-12-17)23-20(26)16-9-7-6-8-10-16/h11-14,16,19H,4-10H2,1-3H3,(H,23,26)(H,25,27)/b24-15-. The Kier molecular flexibility index (Phi) is 8.83. The molecule has 1 unspecified atom stereocenters. The molecular formula is C22H31N3O4. The summed E-state index contributed by atoms with van der Waals surface area (Å²) in [7, 11) is 0. The molecule has 0 bridgehead atoms. The number of carbonyl (C=O) groups excluding carboxylic acids is 3. The van der Waals surface area contributed by atoms with E-state index in [1.165, 1.54) is 6.42 Å². The highest BCUT2D eigenvalue weighted by atomic mass is 16.5. The normalized spacial score (nSPS) is 16.0. The van der Waals surface area contributed by atoms with Crippen molar-refractivity contribution in [2.24, 2.45) is 16.9 Å². The highest BCUT2D eigenvalue weighted by molar-refractivity contribution is 6.02. The van der Waals surface area contributed by atoms with Crippen LogP contribution < -0.4 is 10.7 Å². The van der Waals surface area contributed by atoms with Crippen molar-refractivity contribution in [2.75, 3.05) is 11.9 Å². The lowest BCUT2D eigenvalue weighted by Crippen LogP contribution is -2.27. The van der Waals surface area contributed by atoms with Gasteiger partial charge in [-0.1, -0.05) is 26.2 Å². The molecule has 1 aromatic rings. The number of nitrogens with zero attached hydrogens (tertiary/aromatic N) is 1. The number of ether oxygens (including phenoxy) is 1. The molecule has 2 N–H and O–H groups in total. The first-order chi connectivity index (χ1) is 14.0. The molecule has 1 saturated carbocycles. The number of nitrogens with one attached hydrogen (secondary N) is 2. The van der Waals surface area contributed by atoms with Gasteiger partial charge in [0.2, 0.25) is 5.91 Å². The second-order valence-corrected chi connectivity index (χ2v) is 7.31. The summed E-state index contributed by atoms with van der Waals surface area (Å²) >= 11 is 0. The number of hydrazone groups is 1. The molecule has 1 atom stereocenters. The van der Waals surface area contributed by atoms with E-state index in [-0.39, 0.29) is 23.7 Å². The summed E-state index contributed by atoms with van der Waals surface area (Å²) in [5.41, 5.74) is 4.06. The molecule has 0 saturated heterocycles. The zero-order valence-electron chi connectivity index (χ0n) is 17.5. The van der Waals surface area contributed by atoms with E-state index in [4.69, 9.17) is 4.74 Å². The largest absolute Gasteiger partial charge is 0.465 e. The first-order valence-electron chi connectivity index (χ1n) is 10.4. The fraction of sp³-hybridized carbons (Fsp3) is 0.545. The topological polar surface area (TPSA) is 96.9 Å². The van der Waals surface area contributed by atoms with Crippen molar-refractivity contribution in [3.63, 3.8) is 0 Å². The number of anilines is 1. The quantitative estimate of drug-likeness (QED) is 0.392. The molecule has 2 amide bonds. The number of rotatable bonds is 8. The van der Waals surface area contributed by atoms with E-state index in [1.54, 1.807) is 38.1 Å². The third kappa shape index (κ3) is 6.69. The Labute approximate surface area is 172 Å². The maximum absolute atomic E-state index is 12.3. The summed E-state index contributed by atoms with van der Waals surface area (Å²) in [6.45, 7) is 5.61. The van der Waals surface area contributed by atoms with Crippen molar-refractivity contribution >= 4 is 29.2 Å². The van der Waals surface area contributed by atoms with E-state index in [2.05, 4.69) is 15.8 Å². The number of amides is 2. The Morgan fingerprint density at radius 2 is 1.76 bits per heavy atom. The van der Waals surface area contributed by atoms with Crippen LogP contribution in [-0.2, 0) is 14.3 Å². The van der Waals surface area contributed by atoms with Crippen LogP contribution in [0.2, 0.25) is 0 Å². The van der Waals surface area contributed by atoms with Crippen molar-refractivity contribution in [1.29, 1.82) is 0 Å². The number of benzene rings is 1. The highest BCUT2D eigenvalue weighted by Gasteiger charge is 2.22. The molecule has 2 rings (SSSR count). The summed E-state index contributed by atoms with van der Waals surface area (Å²) in [5, 5.41) is 6.98. The molecule has 0 heterocycles. The van der Waals surface area contributed by atoms with Gasteiger partial charge in [0.05, 0.1) is 12.5 Å². The van der Waals surface area contributed by atoms with Gasteiger partial charge in [-0.05, 0) is 57.4 Å². The molecule has 1 fully saturated rings. The zero-order chi connectivity index (χ0) is 21.2. The second kappa shape index (κ2) is 11.3. The molecule has 7 nitrogen and oxygen atoms in total. The molecule has 0 radical (unpaired) electrons. The fourth-order valence-corrected chi connectivity index (χ4v) is 3.47. The van der Waals surface area contributed by atoms with Gasteiger partial charge in [-0.15, -0.1) is 0 Å². The van der Waals surface area contributed by atoms with Crippen LogP contribution in [-0.4, -0.2) is 30.1 Å². The van der Waals surface area contributed by atoms with Gasteiger partial charge >= 0.3 is 5.97 Å². The molecule has 158 valence electrons. The van der Waals surface area contributed by atoms with Crippen LogP contribution in [0.25, 0.3) is 0 Å². The predicted molar refractivity (Wildman–Crippen MR) is 113 cm³/mol. The maximum Gasteiger partial charge on any atom is 0.314 e. The average Bonchev–Trinajstić information content (AvgIpc) is 2.74. The summed E-state index contributed by atoms with van der Waals surface area (Å²) in [6, 6.07) is 6.69. The molecule has 1 aliphatic rings. The monoisotopic (exact) mass is 401 g/mol. The predicted octanol–water partition coefficient (Wildman–Crippen LogP) is 3.90. The molecule has 1 aromatic carbocycles. The van der Waals surface area contributed by atoms with Gasteiger partial charge in [-0.3, -0.25) is 14.4 Å². The molecule has 7 heteroatoms.